The third-order valence-corrected chi connectivity index (χ3v) is 4.23. The minimum atomic E-state index is 0.0596. The Hall–Kier alpha value is -2.76. The van der Waals surface area contributed by atoms with Crippen LogP contribution in [0.1, 0.15) is 10.4 Å². The van der Waals surface area contributed by atoms with E-state index in [1.165, 1.54) is 0 Å². The molecule has 1 aliphatic rings. The van der Waals surface area contributed by atoms with E-state index in [4.69, 9.17) is 9.47 Å². The van der Waals surface area contributed by atoms with Crippen LogP contribution >= 0.6 is 0 Å². The number of methoxy groups -OCH3 is 2. The van der Waals surface area contributed by atoms with Gasteiger partial charge in [0.15, 0.2) is 11.5 Å². The third kappa shape index (κ3) is 3.27. The number of amides is 1. The highest BCUT2D eigenvalue weighted by atomic mass is 16.5. The van der Waals surface area contributed by atoms with Gasteiger partial charge in [-0.1, -0.05) is 0 Å². The fraction of sp³-hybridized carbons (Fsp3) is 0.333. The number of carbonyl (C=O) groups excluding carboxylic acids is 1. The number of pyridine rings is 1. The highest BCUT2D eigenvalue weighted by Crippen LogP contribution is 2.31. The Labute approximate surface area is 141 Å². The summed E-state index contributed by atoms with van der Waals surface area (Å²) in [6.07, 6.45) is 3.29. The maximum absolute atomic E-state index is 12.5. The van der Waals surface area contributed by atoms with E-state index >= 15 is 0 Å². The minimum Gasteiger partial charge on any atom is -0.493 e. The molecule has 1 saturated heterocycles. The Morgan fingerprint density at radius 3 is 2.25 bits per heavy atom. The van der Waals surface area contributed by atoms with Crippen LogP contribution in [0.25, 0.3) is 0 Å². The van der Waals surface area contributed by atoms with E-state index in [9.17, 15) is 4.79 Å². The number of nitrogens with zero attached hydrogens (tertiary/aromatic N) is 3. The van der Waals surface area contributed by atoms with Crippen molar-refractivity contribution in [2.75, 3.05) is 45.3 Å². The smallest absolute Gasteiger partial charge is 0.254 e. The van der Waals surface area contributed by atoms with Crippen LogP contribution in [0.2, 0.25) is 0 Å². The van der Waals surface area contributed by atoms with Gasteiger partial charge < -0.3 is 19.3 Å². The summed E-state index contributed by atoms with van der Waals surface area (Å²) in [5, 5.41) is 0. The molecule has 0 aliphatic carbocycles. The van der Waals surface area contributed by atoms with E-state index in [-0.39, 0.29) is 5.91 Å². The zero-order valence-electron chi connectivity index (χ0n) is 13.9. The van der Waals surface area contributed by atoms with E-state index in [0.717, 1.165) is 18.8 Å². The molecule has 3 rings (SSSR count). The first-order valence-electron chi connectivity index (χ1n) is 7.89. The Balaban J connectivity index is 1.66. The van der Waals surface area contributed by atoms with Gasteiger partial charge in [0.05, 0.1) is 14.2 Å². The number of ether oxygens (including phenoxy) is 2. The SMILES string of the molecule is COc1ccc(N2CCN(C(=O)c3ccncc3)CC2)cc1OC. The van der Waals surface area contributed by atoms with E-state index in [0.29, 0.717) is 30.2 Å². The first-order chi connectivity index (χ1) is 11.7. The number of hydrogen-bond donors (Lipinski definition) is 0. The topological polar surface area (TPSA) is 54.9 Å². The second-order valence-electron chi connectivity index (χ2n) is 5.55. The number of carbonyl (C=O) groups is 1. The van der Waals surface area contributed by atoms with Crippen LogP contribution in [0.15, 0.2) is 42.7 Å². The molecule has 1 fully saturated rings. The first-order valence-corrected chi connectivity index (χ1v) is 7.89. The molecule has 0 N–H and O–H groups in total. The van der Waals surface area contributed by atoms with Crippen molar-refractivity contribution in [2.24, 2.45) is 0 Å². The summed E-state index contributed by atoms with van der Waals surface area (Å²) < 4.78 is 10.6. The highest BCUT2D eigenvalue weighted by molar-refractivity contribution is 5.94. The van der Waals surface area contributed by atoms with Gasteiger partial charge in [-0.2, -0.15) is 0 Å². The lowest BCUT2D eigenvalue weighted by Crippen LogP contribution is -2.48. The van der Waals surface area contributed by atoms with Crippen molar-refractivity contribution in [3.8, 4) is 11.5 Å². The Morgan fingerprint density at radius 1 is 0.958 bits per heavy atom. The maximum atomic E-state index is 12.5. The zero-order valence-corrected chi connectivity index (χ0v) is 13.9. The van der Waals surface area contributed by atoms with E-state index in [1.54, 1.807) is 38.7 Å². The van der Waals surface area contributed by atoms with Crippen molar-refractivity contribution in [3.05, 3.63) is 48.3 Å². The van der Waals surface area contributed by atoms with Gasteiger partial charge in [0.1, 0.15) is 0 Å². The summed E-state index contributed by atoms with van der Waals surface area (Å²) in [5.74, 6) is 1.49. The van der Waals surface area contributed by atoms with Gasteiger partial charge in [0.25, 0.3) is 5.91 Å². The predicted molar refractivity (Wildman–Crippen MR) is 91.9 cm³/mol. The highest BCUT2D eigenvalue weighted by Gasteiger charge is 2.22. The van der Waals surface area contributed by atoms with Crippen LogP contribution < -0.4 is 14.4 Å². The van der Waals surface area contributed by atoms with Crippen LogP contribution in [-0.4, -0.2) is 56.2 Å². The summed E-state index contributed by atoms with van der Waals surface area (Å²) >= 11 is 0. The maximum Gasteiger partial charge on any atom is 0.254 e. The molecule has 0 radical (unpaired) electrons. The third-order valence-electron chi connectivity index (χ3n) is 4.23. The second-order valence-corrected chi connectivity index (χ2v) is 5.55. The molecule has 126 valence electrons. The molecular weight excluding hydrogens is 306 g/mol. The molecule has 0 saturated carbocycles. The molecule has 6 nitrogen and oxygen atoms in total. The van der Waals surface area contributed by atoms with Crippen LogP contribution in [0.5, 0.6) is 11.5 Å². The van der Waals surface area contributed by atoms with Crippen LogP contribution in [-0.2, 0) is 0 Å². The van der Waals surface area contributed by atoms with Crippen molar-refractivity contribution in [2.45, 2.75) is 0 Å². The summed E-state index contributed by atoms with van der Waals surface area (Å²) in [6.45, 7) is 2.95. The van der Waals surface area contributed by atoms with Crippen LogP contribution in [0.4, 0.5) is 5.69 Å². The van der Waals surface area contributed by atoms with Gasteiger partial charge in [-0.25, -0.2) is 0 Å². The summed E-state index contributed by atoms with van der Waals surface area (Å²) in [4.78, 5) is 20.6. The van der Waals surface area contributed by atoms with Crippen molar-refractivity contribution in [1.82, 2.24) is 9.88 Å². The molecule has 0 bridgehead atoms. The van der Waals surface area contributed by atoms with E-state index < -0.39 is 0 Å². The average molecular weight is 327 g/mol. The number of hydrogen-bond acceptors (Lipinski definition) is 5. The number of piperazine rings is 1. The fourth-order valence-electron chi connectivity index (χ4n) is 2.87. The van der Waals surface area contributed by atoms with Gasteiger partial charge >= 0.3 is 0 Å². The van der Waals surface area contributed by atoms with Crippen molar-refractivity contribution < 1.29 is 14.3 Å². The molecule has 2 heterocycles. The summed E-state index contributed by atoms with van der Waals surface area (Å²) in [7, 11) is 3.26. The molecule has 0 spiro atoms. The monoisotopic (exact) mass is 327 g/mol. The Bertz CT molecular complexity index is 698. The average Bonchev–Trinajstić information content (AvgIpc) is 2.67. The summed E-state index contributed by atoms with van der Waals surface area (Å²) in [5.41, 5.74) is 1.76. The van der Waals surface area contributed by atoms with Gasteiger partial charge in [-0.05, 0) is 24.3 Å². The van der Waals surface area contributed by atoms with Gasteiger partial charge in [-0.3, -0.25) is 9.78 Å². The van der Waals surface area contributed by atoms with E-state index in [1.807, 2.05) is 23.1 Å². The molecule has 6 heteroatoms. The molecule has 0 unspecified atom stereocenters. The van der Waals surface area contributed by atoms with Gasteiger partial charge in [0.2, 0.25) is 0 Å². The van der Waals surface area contributed by atoms with Crippen molar-refractivity contribution in [3.63, 3.8) is 0 Å². The summed E-state index contributed by atoms with van der Waals surface area (Å²) in [6, 6.07) is 9.40. The fourth-order valence-corrected chi connectivity index (χ4v) is 2.87. The predicted octanol–water partition coefficient (Wildman–Crippen LogP) is 2.06. The van der Waals surface area contributed by atoms with Gasteiger partial charge in [-0.15, -0.1) is 0 Å². The largest absolute Gasteiger partial charge is 0.493 e. The number of anilines is 1. The van der Waals surface area contributed by atoms with Gasteiger partial charge in [0, 0.05) is 55.9 Å². The second kappa shape index (κ2) is 7.21. The first kappa shape index (κ1) is 16.1. The molecule has 1 aliphatic heterocycles. The molecule has 1 amide bonds. The lowest BCUT2D eigenvalue weighted by atomic mass is 10.2. The molecule has 24 heavy (non-hydrogen) atoms. The normalized spacial score (nSPS) is 14.4. The molecule has 0 atom stereocenters. The number of rotatable bonds is 4. The van der Waals surface area contributed by atoms with Crippen molar-refractivity contribution in [1.29, 1.82) is 0 Å². The molecule has 1 aromatic carbocycles. The van der Waals surface area contributed by atoms with Crippen LogP contribution in [0.3, 0.4) is 0 Å². The minimum absolute atomic E-state index is 0.0596. The van der Waals surface area contributed by atoms with E-state index in [2.05, 4.69) is 9.88 Å². The van der Waals surface area contributed by atoms with Crippen LogP contribution in [0, 0.1) is 0 Å². The quantitative estimate of drug-likeness (QED) is 0.860. The zero-order chi connectivity index (χ0) is 16.9. The number of benzene rings is 1. The molecular formula is C18H21N3O3. The number of aromatic nitrogens is 1. The Morgan fingerprint density at radius 2 is 1.62 bits per heavy atom. The Kier molecular flexibility index (Phi) is 4.84. The lowest BCUT2D eigenvalue weighted by Gasteiger charge is -2.36. The standard InChI is InChI=1S/C18H21N3O3/c1-23-16-4-3-15(13-17(16)24-2)20-9-11-21(12-10-20)18(22)14-5-7-19-8-6-14/h3-8,13H,9-12H2,1-2H3. The molecule has 2 aromatic rings. The molecule has 1 aromatic heterocycles. The lowest BCUT2D eigenvalue weighted by molar-refractivity contribution is 0.0746. The van der Waals surface area contributed by atoms with Crippen molar-refractivity contribution >= 4 is 11.6 Å².